The van der Waals surface area contributed by atoms with Crippen molar-refractivity contribution in [1.29, 1.82) is 0 Å². The molecule has 2 aromatic rings. The number of carbonyl (C=O) groups excluding carboxylic acids is 2. The molecule has 0 fully saturated rings. The fourth-order valence-corrected chi connectivity index (χ4v) is 4.01. The van der Waals surface area contributed by atoms with Gasteiger partial charge in [-0.15, -0.1) is 0 Å². The quantitative estimate of drug-likeness (QED) is 0.799. The summed E-state index contributed by atoms with van der Waals surface area (Å²) in [5.41, 5.74) is 3.18. The van der Waals surface area contributed by atoms with Crippen LogP contribution in [0.1, 0.15) is 17.2 Å². The molecule has 0 spiro atoms. The van der Waals surface area contributed by atoms with Gasteiger partial charge in [0.25, 0.3) is 5.91 Å². The van der Waals surface area contributed by atoms with Crippen molar-refractivity contribution in [2.75, 3.05) is 34.4 Å². The molecule has 3 amide bonds. The van der Waals surface area contributed by atoms with Crippen molar-refractivity contribution in [2.24, 2.45) is 0 Å². The largest absolute Gasteiger partial charge is 0.497 e. The normalized spacial score (nSPS) is 18.4. The van der Waals surface area contributed by atoms with Crippen LogP contribution in [0.4, 0.5) is 4.79 Å². The van der Waals surface area contributed by atoms with Crippen LogP contribution in [0.25, 0.3) is 0 Å². The number of benzene rings is 2. The summed E-state index contributed by atoms with van der Waals surface area (Å²) >= 11 is 0. The predicted molar refractivity (Wildman–Crippen MR) is 112 cm³/mol. The zero-order valence-corrected chi connectivity index (χ0v) is 17.3. The highest BCUT2D eigenvalue weighted by atomic mass is 16.5. The van der Waals surface area contributed by atoms with Crippen molar-refractivity contribution >= 4 is 11.9 Å². The summed E-state index contributed by atoms with van der Waals surface area (Å²) in [6.07, 6.45) is 0.755. The molecule has 2 aromatic carbocycles. The van der Waals surface area contributed by atoms with E-state index in [4.69, 9.17) is 9.47 Å². The smallest absolute Gasteiger partial charge is 0.322 e. The molecule has 4 rings (SSSR count). The van der Waals surface area contributed by atoms with Gasteiger partial charge < -0.3 is 19.7 Å². The summed E-state index contributed by atoms with van der Waals surface area (Å²) in [4.78, 5) is 29.3. The van der Waals surface area contributed by atoms with Gasteiger partial charge in [0.2, 0.25) is 0 Å². The van der Waals surface area contributed by atoms with Crippen molar-refractivity contribution in [2.45, 2.75) is 12.5 Å². The Morgan fingerprint density at radius 3 is 2.53 bits per heavy atom. The third-order valence-corrected chi connectivity index (χ3v) is 5.70. The van der Waals surface area contributed by atoms with Crippen molar-refractivity contribution in [3.63, 3.8) is 0 Å². The molecule has 0 saturated heterocycles. The lowest BCUT2D eigenvalue weighted by atomic mass is 9.94. The van der Waals surface area contributed by atoms with E-state index in [0.717, 1.165) is 12.1 Å². The lowest BCUT2D eigenvalue weighted by Crippen LogP contribution is -2.45. The number of amides is 3. The minimum absolute atomic E-state index is 0.0670. The number of methoxy groups -OCH3 is 2. The number of likely N-dealkylation sites (N-methyl/N-ethyl adjacent to an activating group) is 1. The zero-order valence-electron chi connectivity index (χ0n) is 17.3. The minimum atomic E-state index is -0.594. The van der Waals surface area contributed by atoms with E-state index in [1.54, 1.807) is 44.4 Å². The molecule has 1 atom stereocenters. The molecule has 30 heavy (non-hydrogen) atoms. The maximum absolute atomic E-state index is 13.4. The van der Waals surface area contributed by atoms with Gasteiger partial charge in [-0.2, -0.15) is 0 Å². The fraction of sp³-hybridized carbons (Fsp3) is 0.304. The van der Waals surface area contributed by atoms with Gasteiger partial charge in [0.05, 0.1) is 38.1 Å². The molecular formula is C23H25N3O4. The zero-order chi connectivity index (χ0) is 21.3. The van der Waals surface area contributed by atoms with Gasteiger partial charge in [0.1, 0.15) is 11.5 Å². The van der Waals surface area contributed by atoms with Crippen LogP contribution in [-0.4, -0.2) is 56.1 Å². The lowest BCUT2D eigenvalue weighted by molar-refractivity contribution is -0.125. The van der Waals surface area contributed by atoms with E-state index in [9.17, 15) is 9.59 Å². The molecule has 0 aromatic heterocycles. The van der Waals surface area contributed by atoms with E-state index < -0.39 is 6.04 Å². The molecule has 1 unspecified atom stereocenters. The third kappa shape index (κ3) is 3.47. The average molecular weight is 407 g/mol. The summed E-state index contributed by atoms with van der Waals surface area (Å²) in [5, 5.41) is 2.95. The van der Waals surface area contributed by atoms with E-state index in [2.05, 4.69) is 17.4 Å². The van der Waals surface area contributed by atoms with E-state index in [-0.39, 0.29) is 11.9 Å². The maximum Gasteiger partial charge on any atom is 0.322 e. The van der Waals surface area contributed by atoms with Crippen LogP contribution in [0.15, 0.2) is 59.8 Å². The number of nitrogens with zero attached hydrogens (tertiary/aromatic N) is 2. The van der Waals surface area contributed by atoms with Gasteiger partial charge in [0, 0.05) is 19.2 Å². The topological polar surface area (TPSA) is 71.1 Å². The van der Waals surface area contributed by atoms with Crippen LogP contribution >= 0.6 is 0 Å². The monoisotopic (exact) mass is 407 g/mol. The number of hydrogen-bond acceptors (Lipinski definition) is 4. The van der Waals surface area contributed by atoms with Crippen LogP contribution in [-0.2, 0) is 11.2 Å². The van der Waals surface area contributed by atoms with Crippen LogP contribution < -0.4 is 14.8 Å². The molecule has 0 bridgehead atoms. The molecule has 2 aliphatic heterocycles. The molecule has 156 valence electrons. The first-order valence-electron chi connectivity index (χ1n) is 9.86. The number of carbonyl (C=O) groups is 2. The third-order valence-electron chi connectivity index (χ3n) is 5.70. The van der Waals surface area contributed by atoms with Crippen molar-refractivity contribution in [3.05, 3.63) is 70.9 Å². The van der Waals surface area contributed by atoms with Crippen LogP contribution in [0.2, 0.25) is 0 Å². The number of nitrogens with one attached hydrogen (secondary N) is 1. The summed E-state index contributed by atoms with van der Waals surface area (Å²) in [6.45, 7) is 0.994. The first-order chi connectivity index (χ1) is 14.5. The average Bonchev–Trinajstić information content (AvgIpc) is 3.11. The standard InChI is InChI=1S/C23H25N3O4/c1-25-18-14-26(12-11-15-7-5-4-6-8-15)22(27)20(18)21(24-23(25)28)17-13-16(29-2)9-10-19(17)30-3/h4-10,13,21H,11-12,14H2,1-3H3,(H,24,28). The summed E-state index contributed by atoms with van der Waals surface area (Å²) < 4.78 is 10.9. The van der Waals surface area contributed by atoms with Crippen LogP contribution in [0.5, 0.6) is 11.5 Å². The number of urea groups is 1. The number of hydrogen-bond donors (Lipinski definition) is 1. The predicted octanol–water partition coefficient (Wildman–Crippen LogP) is 2.74. The number of rotatable bonds is 6. The lowest BCUT2D eigenvalue weighted by Gasteiger charge is -2.31. The van der Waals surface area contributed by atoms with Crippen molar-refractivity contribution < 1.29 is 19.1 Å². The van der Waals surface area contributed by atoms with Gasteiger partial charge in [-0.3, -0.25) is 9.69 Å². The second-order valence-electron chi connectivity index (χ2n) is 7.37. The molecule has 0 aliphatic carbocycles. The summed E-state index contributed by atoms with van der Waals surface area (Å²) in [6, 6.07) is 14.6. The Hall–Kier alpha value is -3.48. The summed E-state index contributed by atoms with van der Waals surface area (Å²) in [7, 11) is 4.84. The Labute approximate surface area is 175 Å². The molecule has 7 heteroatoms. The highest BCUT2D eigenvalue weighted by molar-refractivity contribution is 6.01. The number of ether oxygens (including phenoxy) is 2. The molecule has 1 N–H and O–H groups in total. The van der Waals surface area contributed by atoms with Crippen molar-refractivity contribution in [3.8, 4) is 11.5 Å². The second-order valence-corrected chi connectivity index (χ2v) is 7.37. The van der Waals surface area contributed by atoms with Crippen LogP contribution in [0.3, 0.4) is 0 Å². The fourth-order valence-electron chi connectivity index (χ4n) is 4.01. The molecule has 2 heterocycles. The van der Waals surface area contributed by atoms with Gasteiger partial charge in [-0.05, 0) is 30.2 Å². The Kier molecular flexibility index (Phi) is 5.35. The first kappa shape index (κ1) is 19.8. The first-order valence-corrected chi connectivity index (χ1v) is 9.86. The second kappa shape index (κ2) is 8.10. The minimum Gasteiger partial charge on any atom is -0.497 e. The highest BCUT2D eigenvalue weighted by Gasteiger charge is 2.43. The summed E-state index contributed by atoms with van der Waals surface area (Å²) in [5.74, 6) is 1.16. The molecule has 2 aliphatic rings. The Balaban J connectivity index is 1.66. The molecule has 0 radical (unpaired) electrons. The van der Waals surface area contributed by atoms with Gasteiger partial charge >= 0.3 is 6.03 Å². The Bertz CT molecular complexity index is 1000. The van der Waals surface area contributed by atoms with Gasteiger partial charge in [-0.25, -0.2) is 4.79 Å². The van der Waals surface area contributed by atoms with E-state index >= 15 is 0 Å². The van der Waals surface area contributed by atoms with Crippen molar-refractivity contribution in [1.82, 2.24) is 15.1 Å². The SMILES string of the molecule is COc1ccc(OC)c(C2NC(=O)N(C)C3=C2C(=O)N(CCc2ccccc2)C3)c1. The highest BCUT2D eigenvalue weighted by Crippen LogP contribution is 2.40. The molecular weight excluding hydrogens is 382 g/mol. The van der Waals surface area contributed by atoms with E-state index in [0.29, 0.717) is 35.7 Å². The van der Waals surface area contributed by atoms with E-state index in [1.807, 2.05) is 18.2 Å². The Morgan fingerprint density at radius 1 is 1.07 bits per heavy atom. The van der Waals surface area contributed by atoms with Gasteiger partial charge in [-0.1, -0.05) is 30.3 Å². The van der Waals surface area contributed by atoms with E-state index in [1.165, 1.54) is 10.5 Å². The molecule has 0 saturated carbocycles. The Morgan fingerprint density at radius 2 is 1.83 bits per heavy atom. The van der Waals surface area contributed by atoms with Gasteiger partial charge in [0.15, 0.2) is 0 Å². The maximum atomic E-state index is 13.4. The van der Waals surface area contributed by atoms with Crippen LogP contribution in [0, 0.1) is 0 Å². The molecule has 7 nitrogen and oxygen atoms in total.